The first-order valence-electron chi connectivity index (χ1n) is 4.54. The lowest BCUT2D eigenvalue weighted by Crippen LogP contribution is -2.57. The van der Waals surface area contributed by atoms with Crippen LogP contribution >= 0.6 is 0 Å². The summed E-state index contributed by atoms with van der Waals surface area (Å²) in [6.45, 7) is 4.81. The van der Waals surface area contributed by atoms with E-state index in [1.54, 1.807) is 7.11 Å². The molecule has 0 spiro atoms. The van der Waals surface area contributed by atoms with Gasteiger partial charge in [0.15, 0.2) is 0 Å². The Morgan fingerprint density at radius 2 is 2.25 bits per heavy atom. The fraction of sp³-hybridized carbons (Fsp3) is 1.00. The largest absolute Gasteiger partial charge is 0.381 e. The molecule has 0 unspecified atom stereocenters. The highest BCUT2D eigenvalue weighted by molar-refractivity contribution is 4.93. The minimum Gasteiger partial charge on any atom is -0.381 e. The number of hydrogen-bond acceptors (Lipinski definition) is 3. The molecule has 1 fully saturated rings. The molecule has 72 valence electrons. The van der Waals surface area contributed by atoms with Gasteiger partial charge in [-0.1, -0.05) is 6.92 Å². The summed E-state index contributed by atoms with van der Waals surface area (Å²) in [5.41, 5.74) is 0.234. The average molecular weight is 173 g/mol. The van der Waals surface area contributed by atoms with Crippen LogP contribution in [0, 0.1) is 5.41 Å². The van der Waals surface area contributed by atoms with Crippen LogP contribution in [0.3, 0.4) is 0 Å². The van der Waals surface area contributed by atoms with Gasteiger partial charge in [-0.25, -0.2) is 0 Å². The molecule has 0 bridgehead atoms. The van der Waals surface area contributed by atoms with E-state index >= 15 is 0 Å². The molecule has 0 aromatic heterocycles. The number of rotatable bonds is 5. The van der Waals surface area contributed by atoms with Crippen molar-refractivity contribution >= 4 is 0 Å². The zero-order chi connectivity index (χ0) is 9.03. The van der Waals surface area contributed by atoms with Crippen molar-refractivity contribution in [2.45, 2.75) is 19.4 Å². The second kappa shape index (κ2) is 4.21. The van der Waals surface area contributed by atoms with Crippen LogP contribution in [-0.4, -0.2) is 40.0 Å². The number of methoxy groups -OCH3 is 1. The van der Waals surface area contributed by atoms with Crippen LogP contribution in [0.1, 0.15) is 13.3 Å². The van der Waals surface area contributed by atoms with Gasteiger partial charge in [0.2, 0.25) is 0 Å². The van der Waals surface area contributed by atoms with Gasteiger partial charge in [0.05, 0.1) is 24.7 Å². The summed E-state index contributed by atoms with van der Waals surface area (Å²) in [6.07, 6.45) is 1.39. The van der Waals surface area contributed by atoms with Crippen molar-refractivity contribution < 1.29 is 9.47 Å². The first kappa shape index (κ1) is 9.96. The zero-order valence-corrected chi connectivity index (χ0v) is 8.22. The Kier molecular flexibility index (Phi) is 3.50. The van der Waals surface area contributed by atoms with E-state index < -0.39 is 0 Å². The van der Waals surface area contributed by atoms with E-state index in [9.17, 15) is 0 Å². The van der Waals surface area contributed by atoms with Gasteiger partial charge in [-0.2, -0.15) is 0 Å². The van der Waals surface area contributed by atoms with Gasteiger partial charge in [0.1, 0.15) is 0 Å². The maximum atomic E-state index is 5.44. The number of nitrogens with one attached hydrogen (secondary N) is 1. The summed E-state index contributed by atoms with van der Waals surface area (Å²) in [5.74, 6) is 0. The number of hydrogen-bond donors (Lipinski definition) is 1. The molecular weight excluding hydrogens is 154 g/mol. The van der Waals surface area contributed by atoms with Crippen LogP contribution in [0.5, 0.6) is 0 Å². The quantitative estimate of drug-likeness (QED) is 0.662. The standard InChI is InChI=1S/C9H19NO2/c1-4-8(11-3)9(5-10-2)6-12-7-9/h8,10H,4-7H2,1-3H3/t8-/m0/s1. The predicted molar refractivity (Wildman–Crippen MR) is 48.3 cm³/mol. The SMILES string of the molecule is CC[C@H](OC)C1(CNC)COC1. The first-order chi connectivity index (χ1) is 5.79. The Labute approximate surface area is 74.4 Å². The van der Waals surface area contributed by atoms with E-state index in [4.69, 9.17) is 9.47 Å². The smallest absolute Gasteiger partial charge is 0.0681 e. The van der Waals surface area contributed by atoms with E-state index in [-0.39, 0.29) is 5.41 Å². The third-order valence-electron chi connectivity index (χ3n) is 2.65. The Hall–Kier alpha value is -0.120. The van der Waals surface area contributed by atoms with Crippen molar-refractivity contribution in [1.29, 1.82) is 0 Å². The molecule has 0 aromatic rings. The Balaban J connectivity index is 2.51. The average Bonchev–Trinajstić information content (AvgIpc) is 2.02. The Bertz CT molecular complexity index is 130. The highest BCUT2D eigenvalue weighted by atomic mass is 16.5. The molecule has 3 nitrogen and oxygen atoms in total. The third kappa shape index (κ3) is 1.63. The van der Waals surface area contributed by atoms with E-state index in [1.165, 1.54) is 0 Å². The Morgan fingerprint density at radius 1 is 1.58 bits per heavy atom. The molecule has 0 radical (unpaired) electrons. The van der Waals surface area contributed by atoms with E-state index in [0.717, 1.165) is 26.2 Å². The number of ether oxygens (including phenoxy) is 2. The normalized spacial score (nSPS) is 23.2. The second-order valence-electron chi connectivity index (χ2n) is 3.52. The van der Waals surface area contributed by atoms with Crippen molar-refractivity contribution in [2.75, 3.05) is 33.9 Å². The van der Waals surface area contributed by atoms with Gasteiger partial charge in [-0.15, -0.1) is 0 Å². The van der Waals surface area contributed by atoms with Crippen LogP contribution in [0.15, 0.2) is 0 Å². The maximum absolute atomic E-state index is 5.44. The fourth-order valence-electron chi connectivity index (χ4n) is 1.97. The van der Waals surface area contributed by atoms with E-state index in [0.29, 0.717) is 6.10 Å². The van der Waals surface area contributed by atoms with E-state index in [2.05, 4.69) is 12.2 Å². The van der Waals surface area contributed by atoms with Gasteiger partial charge in [0, 0.05) is 13.7 Å². The molecule has 0 aliphatic carbocycles. The molecule has 1 heterocycles. The lowest BCUT2D eigenvalue weighted by atomic mass is 9.78. The van der Waals surface area contributed by atoms with Crippen LogP contribution in [0.25, 0.3) is 0 Å². The molecule has 1 aliphatic heterocycles. The summed E-state index contributed by atoms with van der Waals surface area (Å²) in [7, 11) is 3.76. The van der Waals surface area contributed by atoms with Crippen molar-refractivity contribution in [1.82, 2.24) is 5.32 Å². The molecular formula is C9H19NO2. The monoisotopic (exact) mass is 173 g/mol. The van der Waals surface area contributed by atoms with Crippen LogP contribution in [0.2, 0.25) is 0 Å². The summed E-state index contributed by atoms with van der Waals surface area (Å²) in [5, 5.41) is 3.20. The molecule has 1 atom stereocenters. The summed E-state index contributed by atoms with van der Waals surface area (Å²) in [6, 6.07) is 0. The molecule has 1 aliphatic rings. The molecule has 0 saturated carbocycles. The van der Waals surface area contributed by atoms with Crippen molar-refractivity contribution in [2.24, 2.45) is 5.41 Å². The maximum Gasteiger partial charge on any atom is 0.0681 e. The fourth-order valence-corrected chi connectivity index (χ4v) is 1.97. The highest BCUT2D eigenvalue weighted by Gasteiger charge is 2.44. The molecule has 0 aromatic carbocycles. The summed E-state index contributed by atoms with van der Waals surface area (Å²) in [4.78, 5) is 0. The van der Waals surface area contributed by atoms with Crippen molar-refractivity contribution in [3.63, 3.8) is 0 Å². The minimum atomic E-state index is 0.234. The third-order valence-corrected chi connectivity index (χ3v) is 2.65. The van der Waals surface area contributed by atoms with Crippen LogP contribution < -0.4 is 5.32 Å². The lowest BCUT2D eigenvalue weighted by molar-refractivity contribution is -0.177. The second-order valence-corrected chi connectivity index (χ2v) is 3.52. The van der Waals surface area contributed by atoms with Gasteiger partial charge >= 0.3 is 0 Å². The summed E-state index contributed by atoms with van der Waals surface area (Å²) < 4.78 is 10.7. The Morgan fingerprint density at radius 3 is 2.50 bits per heavy atom. The molecule has 1 N–H and O–H groups in total. The molecule has 0 amide bonds. The molecule has 3 heteroatoms. The minimum absolute atomic E-state index is 0.234. The molecule has 12 heavy (non-hydrogen) atoms. The topological polar surface area (TPSA) is 30.5 Å². The first-order valence-corrected chi connectivity index (χ1v) is 4.54. The zero-order valence-electron chi connectivity index (χ0n) is 8.22. The summed E-state index contributed by atoms with van der Waals surface area (Å²) >= 11 is 0. The van der Waals surface area contributed by atoms with Gasteiger partial charge in [-0.3, -0.25) is 0 Å². The molecule has 1 rings (SSSR count). The predicted octanol–water partition coefficient (Wildman–Crippen LogP) is 0.647. The highest BCUT2D eigenvalue weighted by Crippen LogP contribution is 2.33. The van der Waals surface area contributed by atoms with Gasteiger partial charge in [0.25, 0.3) is 0 Å². The molecule has 1 saturated heterocycles. The van der Waals surface area contributed by atoms with Crippen LogP contribution in [-0.2, 0) is 9.47 Å². The lowest BCUT2D eigenvalue weighted by Gasteiger charge is -2.46. The van der Waals surface area contributed by atoms with E-state index in [1.807, 2.05) is 7.05 Å². The van der Waals surface area contributed by atoms with Gasteiger partial charge < -0.3 is 14.8 Å². The van der Waals surface area contributed by atoms with Crippen molar-refractivity contribution in [3.05, 3.63) is 0 Å². The van der Waals surface area contributed by atoms with Gasteiger partial charge in [-0.05, 0) is 13.5 Å². The van der Waals surface area contributed by atoms with Crippen LogP contribution in [0.4, 0.5) is 0 Å². The van der Waals surface area contributed by atoms with Crippen molar-refractivity contribution in [3.8, 4) is 0 Å².